The second kappa shape index (κ2) is 3.77. The monoisotopic (exact) mass is 300 g/mol. The van der Waals surface area contributed by atoms with E-state index < -0.39 is 0 Å². The first-order valence-electron chi connectivity index (χ1n) is 10.1. The van der Waals surface area contributed by atoms with Crippen LogP contribution in [0.15, 0.2) is 0 Å². The summed E-state index contributed by atoms with van der Waals surface area (Å²) in [5.74, 6) is 5.63. The summed E-state index contributed by atoms with van der Waals surface area (Å²) in [5, 5.41) is 0. The largest absolute Gasteiger partial charge is 0.313 e. The molecule has 0 saturated heterocycles. The van der Waals surface area contributed by atoms with Crippen molar-refractivity contribution in [1.82, 2.24) is 0 Å². The molecule has 2 unspecified atom stereocenters. The first-order valence-corrected chi connectivity index (χ1v) is 10.1. The molecular formula is C20H32N2. The second-order valence-electron chi connectivity index (χ2n) is 10.8. The van der Waals surface area contributed by atoms with Crippen LogP contribution in [-0.4, -0.2) is 5.66 Å². The van der Waals surface area contributed by atoms with Crippen molar-refractivity contribution in [1.29, 1.82) is 0 Å². The van der Waals surface area contributed by atoms with Gasteiger partial charge in [0.2, 0.25) is 0 Å². The summed E-state index contributed by atoms with van der Waals surface area (Å²) in [4.78, 5) is 0. The molecule has 4 N–H and O–H groups in total. The minimum atomic E-state index is -0.355. The average molecular weight is 300 g/mol. The first kappa shape index (κ1) is 13.2. The smallest absolute Gasteiger partial charge is 0.0729 e. The van der Waals surface area contributed by atoms with Crippen molar-refractivity contribution < 1.29 is 0 Å². The molecule has 2 nitrogen and oxygen atoms in total. The summed E-state index contributed by atoms with van der Waals surface area (Å²) in [6, 6.07) is 0. The van der Waals surface area contributed by atoms with Crippen LogP contribution < -0.4 is 11.5 Å². The Balaban J connectivity index is 1.50. The molecule has 0 heterocycles. The highest BCUT2D eigenvalue weighted by molar-refractivity contribution is 5.22. The van der Waals surface area contributed by atoms with Crippen LogP contribution in [0.4, 0.5) is 0 Å². The molecule has 0 aromatic heterocycles. The molecule has 0 spiro atoms. The Morgan fingerprint density at radius 3 is 1.41 bits per heavy atom. The minimum Gasteiger partial charge on any atom is -0.313 e. The van der Waals surface area contributed by atoms with E-state index in [1.165, 1.54) is 70.6 Å². The van der Waals surface area contributed by atoms with Gasteiger partial charge in [-0.1, -0.05) is 0 Å². The molecule has 0 aromatic carbocycles. The number of hydrogen-bond acceptors (Lipinski definition) is 2. The van der Waals surface area contributed by atoms with Crippen molar-refractivity contribution in [2.45, 2.75) is 76.3 Å². The summed E-state index contributed by atoms with van der Waals surface area (Å²) < 4.78 is 0. The van der Waals surface area contributed by atoms with Gasteiger partial charge in [-0.05, 0) is 112 Å². The van der Waals surface area contributed by atoms with Crippen LogP contribution in [-0.2, 0) is 0 Å². The van der Waals surface area contributed by atoms with Crippen LogP contribution in [0.25, 0.3) is 0 Å². The van der Waals surface area contributed by atoms with E-state index in [1.807, 2.05) is 0 Å². The Labute approximate surface area is 134 Å². The quantitative estimate of drug-likeness (QED) is 0.726. The molecule has 2 heteroatoms. The third-order valence-corrected chi connectivity index (χ3v) is 9.73. The number of nitrogens with two attached hydrogens (primary N) is 2. The Hall–Kier alpha value is -0.0800. The zero-order valence-corrected chi connectivity index (χ0v) is 13.9. The molecule has 8 aliphatic carbocycles. The summed E-state index contributed by atoms with van der Waals surface area (Å²) in [6.45, 7) is 0. The maximum atomic E-state index is 7.04. The van der Waals surface area contributed by atoms with E-state index >= 15 is 0 Å². The molecule has 0 aromatic rings. The normalized spacial score (nSPS) is 63.5. The van der Waals surface area contributed by atoms with Gasteiger partial charge in [-0.3, -0.25) is 0 Å². The predicted molar refractivity (Wildman–Crippen MR) is 87.7 cm³/mol. The fraction of sp³-hybridized carbons (Fsp3) is 1.00. The lowest BCUT2D eigenvalue weighted by molar-refractivity contribution is -0.238. The van der Waals surface area contributed by atoms with E-state index in [2.05, 4.69) is 0 Å². The summed E-state index contributed by atoms with van der Waals surface area (Å²) in [5.41, 5.74) is 14.6. The number of rotatable bonds is 1. The van der Waals surface area contributed by atoms with Gasteiger partial charge in [-0.2, -0.15) is 0 Å². The molecule has 0 aliphatic heterocycles. The lowest BCUT2D eigenvalue weighted by Gasteiger charge is -2.74. The molecule has 8 rings (SSSR count). The van der Waals surface area contributed by atoms with Crippen molar-refractivity contribution >= 4 is 0 Å². The zero-order valence-electron chi connectivity index (χ0n) is 13.9. The Bertz CT molecular complexity index is 473. The summed E-state index contributed by atoms with van der Waals surface area (Å²) in [7, 11) is 0. The Morgan fingerprint density at radius 2 is 0.955 bits per heavy atom. The van der Waals surface area contributed by atoms with Crippen LogP contribution in [0.3, 0.4) is 0 Å². The highest BCUT2D eigenvalue weighted by Gasteiger charge is 2.71. The lowest BCUT2D eigenvalue weighted by Crippen LogP contribution is -2.79. The summed E-state index contributed by atoms with van der Waals surface area (Å²) >= 11 is 0. The van der Waals surface area contributed by atoms with E-state index in [-0.39, 0.29) is 5.66 Å². The van der Waals surface area contributed by atoms with Crippen LogP contribution in [0, 0.1) is 46.3 Å². The Morgan fingerprint density at radius 1 is 0.545 bits per heavy atom. The van der Waals surface area contributed by atoms with Crippen molar-refractivity contribution in [3.05, 3.63) is 0 Å². The third kappa shape index (κ3) is 1.34. The van der Waals surface area contributed by atoms with E-state index in [0.29, 0.717) is 16.7 Å². The standard InChI is InChI=1S/C20H32N2/c21-20(22)17-5-15-4-16(6-17)11-19(20,10-15)18-7-12-1-13(8-18)3-14(2-12)9-18/h12-17H,1-11,21-22H2. The highest BCUT2D eigenvalue weighted by Crippen LogP contribution is 2.75. The van der Waals surface area contributed by atoms with Gasteiger partial charge in [-0.15, -0.1) is 0 Å². The van der Waals surface area contributed by atoms with Crippen molar-refractivity contribution in [3.8, 4) is 0 Å². The van der Waals surface area contributed by atoms with Crippen LogP contribution in [0.5, 0.6) is 0 Å². The molecule has 22 heavy (non-hydrogen) atoms. The van der Waals surface area contributed by atoms with E-state index in [4.69, 9.17) is 11.5 Å². The first-order chi connectivity index (χ1) is 10.5. The topological polar surface area (TPSA) is 52.0 Å². The van der Waals surface area contributed by atoms with E-state index in [0.717, 1.165) is 29.6 Å². The van der Waals surface area contributed by atoms with Gasteiger partial charge in [0.15, 0.2) is 0 Å². The molecular weight excluding hydrogens is 268 g/mol. The van der Waals surface area contributed by atoms with Crippen LogP contribution in [0.1, 0.15) is 70.6 Å². The third-order valence-electron chi connectivity index (χ3n) is 9.73. The fourth-order valence-corrected chi connectivity index (χ4v) is 9.69. The van der Waals surface area contributed by atoms with Gasteiger partial charge in [0, 0.05) is 5.41 Å². The van der Waals surface area contributed by atoms with Gasteiger partial charge in [0.25, 0.3) is 0 Å². The maximum Gasteiger partial charge on any atom is 0.0729 e. The van der Waals surface area contributed by atoms with Crippen molar-refractivity contribution in [2.75, 3.05) is 0 Å². The highest BCUT2D eigenvalue weighted by atomic mass is 15.1. The molecule has 122 valence electrons. The predicted octanol–water partition coefficient (Wildman–Crippen LogP) is 3.64. The molecule has 8 aliphatic rings. The van der Waals surface area contributed by atoms with Crippen LogP contribution in [0.2, 0.25) is 0 Å². The van der Waals surface area contributed by atoms with Gasteiger partial charge >= 0.3 is 0 Å². The van der Waals surface area contributed by atoms with E-state index in [9.17, 15) is 0 Å². The van der Waals surface area contributed by atoms with Crippen molar-refractivity contribution in [3.63, 3.8) is 0 Å². The average Bonchev–Trinajstić information content (AvgIpc) is 2.42. The van der Waals surface area contributed by atoms with E-state index in [1.54, 1.807) is 0 Å². The maximum absolute atomic E-state index is 7.04. The molecule has 8 saturated carbocycles. The molecule has 8 bridgehead atoms. The van der Waals surface area contributed by atoms with Gasteiger partial charge in [0.1, 0.15) is 0 Å². The van der Waals surface area contributed by atoms with Crippen LogP contribution >= 0.6 is 0 Å². The Kier molecular flexibility index (Phi) is 2.27. The van der Waals surface area contributed by atoms with Gasteiger partial charge < -0.3 is 11.5 Å². The molecule has 0 amide bonds. The zero-order chi connectivity index (χ0) is 14.7. The van der Waals surface area contributed by atoms with Gasteiger partial charge in [0.05, 0.1) is 5.66 Å². The minimum absolute atomic E-state index is 0.310. The van der Waals surface area contributed by atoms with Gasteiger partial charge in [-0.25, -0.2) is 0 Å². The lowest BCUT2D eigenvalue weighted by atomic mass is 9.32. The fourth-order valence-electron chi connectivity index (χ4n) is 9.69. The molecule has 0 radical (unpaired) electrons. The van der Waals surface area contributed by atoms with Crippen molar-refractivity contribution in [2.24, 2.45) is 57.8 Å². The molecule has 8 fully saturated rings. The summed E-state index contributed by atoms with van der Waals surface area (Å²) in [6.07, 6.45) is 16.0. The second-order valence-corrected chi connectivity index (χ2v) is 10.8. The molecule has 2 atom stereocenters. The SMILES string of the molecule is NC1(N)C2CC3CC(C2)CC1(C12CC4CC(CC(C4)C1)C2)C3. The number of hydrogen-bond donors (Lipinski definition) is 2.